The van der Waals surface area contributed by atoms with E-state index in [-0.39, 0.29) is 11.9 Å². The molecule has 0 saturated carbocycles. The number of carbonyl (C=O) groups is 1. The fourth-order valence-corrected chi connectivity index (χ4v) is 2.96. The molecule has 1 aliphatic rings. The quantitative estimate of drug-likeness (QED) is 0.852. The molecule has 2 heterocycles. The maximum absolute atomic E-state index is 12.7. The van der Waals surface area contributed by atoms with Gasteiger partial charge in [-0.05, 0) is 60.8 Å². The topological polar surface area (TPSA) is 74.5 Å². The van der Waals surface area contributed by atoms with E-state index >= 15 is 0 Å². The molecule has 7 nitrogen and oxygen atoms in total. The Kier molecular flexibility index (Phi) is 6.34. The van der Waals surface area contributed by atoms with E-state index in [9.17, 15) is 4.79 Å². The molecule has 2 rings (SSSR count). The van der Waals surface area contributed by atoms with E-state index in [4.69, 9.17) is 4.52 Å². The molecule has 7 heteroatoms. The first-order valence-electron chi connectivity index (χ1n) is 8.83. The molecule has 0 bridgehead atoms. The summed E-state index contributed by atoms with van der Waals surface area (Å²) in [6, 6.07) is -0.143. The zero-order valence-corrected chi connectivity index (χ0v) is 15.6. The summed E-state index contributed by atoms with van der Waals surface area (Å²) in [5, 5.41) is 7.12. The molecule has 1 aliphatic heterocycles. The Morgan fingerprint density at radius 1 is 1.29 bits per heavy atom. The second-order valence-corrected chi connectivity index (χ2v) is 7.49. The number of rotatable bonds is 6. The monoisotopic (exact) mass is 337 g/mol. The van der Waals surface area contributed by atoms with Crippen molar-refractivity contribution in [2.45, 2.75) is 64.6 Å². The van der Waals surface area contributed by atoms with Gasteiger partial charge in [-0.15, -0.1) is 0 Å². The number of likely N-dealkylation sites (tertiary alicyclic amines) is 1. The van der Waals surface area contributed by atoms with Crippen LogP contribution in [0.3, 0.4) is 0 Å². The highest BCUT2D eigenvalue weighted by Crippen LogP contribution is 2.19. The van der Waals surface area contributed by atoms with Crippen LogP contribution in [0, 0.1) is 0 Å². The number of hydrogen-bond donors (Lipinski definition) is 1. The van der Waals surface area contributed by atoms with Crippen LogP contribution in [0.5, 0.6) is 0 Å². The predicted molar refractivity (Wildman–Crippen MR) is 92.4 cm³/mol. The van der Waals surface area contributed by atoms with Gasteiger partial charge in [0, 0.05) is 0 Å². The van der Waals surface area contributed by atoms with Crippen LogP contribution in [-0.2, 0) is 16.9 Å². The lowest BCUT2D eigenvalue weighted by atomic mass is 10.0. The molecule has 1 fully saturated rings. The van der Waals surface area contributed by atoms with Crippen molar-refractivity contribution in [2.75, 3.05) is 27.2 Å². The van der Waals surface area contributed by atoms with Gasteiger partial charge < -0.3 is 14.7 Å². The van der Waals surface area contributed by atoms with Crippen LogP contribution in [0.25, 0.3) is 0 Å². The summed E-state index contributed by atoms with van der Waals surface area (Å²) in [5.41, 5.74) is -0.661. The molecule has 1 saturated heterocycles. The molecule has 1 amide bonds. The molecule has 1 atom stereocenters. The Morgan fingerprint density at radius 2 is 1.92 bits per heavy atom. The number of carbonyl (C=O) groups excluding carboxylic acids is 1. The van der Waals surface area contributed by atoms with Gasteiger partial charge in [-0.1, -0.05) is 18.0 Å². The van der Waals surface area contributed by atoms with E-state index in [0.29, 0.717) is 18.3 Å². The van der Waals surface area contributed by atoms with Crippen molar-refractivity contribution in [3.05, 3.63) is 11.7 Å². The van der Waals surface area contributed by atoms with E-state index in [1.54, 1.807) is 0 Å². The molecule has 1 N–H and O–H groups in total. The summed E-state index contributed by atoms with van der Waals surface area (Å²) >= 11 is 0. The van der Waals surface area contributed by atoms with Crippen molar-refractivity contribution in [1.82, 2.24) is 25.3 Å². The third-order valence-electron chi connectivity index (χ3n) is 4.48. The molecular formula is C17H31N5O2. The molecule has 0 radical (unpaired) electrons. The van der Waals surface area contributed by atoms with Gasteiger partial charge in [0.2, 0.25) is 11.8 Å². The second-order valence-electron chi connectivity index (χ2n) is 7.49. The van der Waals surface area contributed by atoms with Gasteiger partial charge in [-0.25, -0.2) is 0 Å². The van der Waals surface area contributed by atoms with E-state index in [1.165, 1.54) is 25.7 Å². The summed E-state index contributed by atoms with van der Waals surface area (Å²) in [7, 11) is 3.89. The summed E-state index contributed by atoms with van der Waals surface area (Å²) in [5.74, 6) is 1.08. The third kappa shape index (κ3) is 5.01. The first kappa shape index (κ1) is 18.9. The first-order valence-corrected chi connectivity index (χ1v) is 8.83. The minimum absolute atomic E-state index is 0.0147. The van der Waals surface area contributed by atoms with Gasteiger partial charge in [0.05, 0.1) is 18.1 Å². The minimum atomic E-state index is -0.661. The van der Waals surface area contributed by atoms with Crippen LogP contribution in [0.2, 0.25) is 0 Å². The molecular weight excluding hydrogens is 306 g/mol. The normalized spacial score (nSPS) is 18.4. The van der Waals surface area contributed by atoms with Crippen molar-refractivity contribution < 1.29 is 9.32 Å². The molecule has 1 unspecified atom stereocenters. The molecule has 0 aliphatic carbocycles. The standard InChI is InChI=1S/C17H31N5O2/c1-13(22-10-8-6-7-9-11-22)15(23)19-17(2,3)16-18-14(24-20-16)12-21(4)5/h13H,6-12H2,1-5H3,(H,19,23). The lowest BCUT2D eigenvalue weighted by molar-refractivity contribution is -0.127. The molecule has 136 valence electrons. The van der Waals surface area contributed by atoms with E-state index in [0.717, 1.165) is 13.1 Å². The van der Waals surface area contributed by atoms with Crippen LogP contribution in [-0.4, -0.2) is 59.1 Å². The average Bonchev–Trinajstić information content (AvgIpc) is 2.80. The number of aromatic nitrogens is 2. The Bertz CT molecular complexity index is 533. The van der Waals surface area contributed by atoms with Gasteiger partial charge in [0.15, 0.2) is 5.82 Å². The van der Waals surface area contributed by atoms with Crippen molar-refractivity contribution in [1.29, 1.82) is 0 Å². The van der Waals surface area contributed by atoms with Crippen molar-refractivity contribution in [3.8, 4) is 0 Å². The predicted octanol–water partition coefficient (Wildman–Crippen LogP) is 1.75. The maximum atomic E-state index is 12.7. The van der Waals surface area contributed by atoms with Crippen LogP contribution in [0.15, 0.2) is 4.52 Å². The molecule has 0 aromatic carbocycles. The second kappa shape index (κ2) is 8.07. The number of nitrogens with one attached hydrogen (secondary N) is 1. The maximum Gasteiger partial charge on any atom is 0.240 e. The summed E-state index contributed by atoms with van der Waals surface area (Å²) in [6.45, 7) is 8.36. The van der Waals surface area contributed by atoms with Gasteiger partial charge in [0.25, 0.3) is 0 Å². The Balaban J connectivity index is 1.98. The smallest absolute Gasteiger partial charge is 0.240 e. The Labute approximate surface area is 144 Å². The van der Waals surface area contributed by atoms with Crippen LogP contribution >= 0.6 is 0 Å². The highest BCUT2D eigenvalue weighted by atomic mass is 16.5. The number of hydrogen-bond acceptors (Lipinski definition) is 6. The van der Waals surface area contributed by atoms with Crippen molar-refractivity contribution in [2.24, 2.45) is 0 Å². The molecule has 0 spiro atoms. The van der Waals surface area contributed by atoms with Gasteiger partial charge in [-0.3, -0.25) is 9.69 Å². The first-order chi connectivity index (χ1) is 11.3. The highest BCUT2D eigenvalue weighted by molar-refractivity contribution is 5.82. The zero-order chi connectivity index (χ0) is 17.7. The molecule has 1 aromatic heterocycles. The lowest BCUT2D eigenvalue weighted by Gasteiger charge is -2.30. The number of amides is 1. The van der Waals surface area contributed by atoms with Crippen LogP contribution < -0.4 is 5.32 Å². The van der Waals surface area contributed by atoms with Gasteiger partial charge >= 0.3 is 0 Å². The van der Waals surface area contributed by atoms with Crippen LogP contribution in [0.1, 0.15) is 58.2 Å². The average molecular weight is 337 g/mol. The fraction of sp³-hybridized carbons (Fsp3) is 0.824. The van der Waals surface area contributed by atoms with Crippen molar-refractivity contribution >= 4 is 5.91 Å². The summed E-state index contributed by atoms with van der Waals surface area (Å²) < 4.78 is 5.27. The van der Waals surface area contributed by atoms with Gasteiger partial charge in [0.1, 0.15) is 0 Å². The molecule has 24 heavy (non-hydrogen) atoms. The highest BCUT2D eigenvalue weighted by Gasteiger charge is 2.32. The van der Waals surface area contributed by atoms with E-state index < -0.39 is 5.54 Å². The van der Waals surface area contributed by atoms with Crippen LogP contribution in [0.4, 0.5) is 0 Å². The lowest BCUT2D eigenvalue weighted by Crippen LogP contribution is -2.51. The van der Waals surface area contributed by atoms with E-state index in [1.807, 2.05) is 39.8 Å². The fourth-order valence-electron chi connectivity index (χ4n) is 2.96. The van der Waals surface area contributed by atoms with Gasteiger partial charge in [-0.2, -0.15) is 4.98 Å². The van der Waals surface area contributed by atoms with Crippen molar-refractivity contribution in [3.63, 3.8) is 0 Å². The minimum Gasteiger partial charge on any atom is -0.342 e. The SMILES string of the molecule is CC(C(=O)NC(C)(C)c1noc(CN(C)C)n1)N1CCCCCC1. The number of nitrogens with zero attached hydrogens (tertiary/aromatic N) is 4. The Morgan fingerprint density at radius 3 is 2.50 bits per heavy atom. The van der Waals surface area contributed by atoms with E-state index in [2.05, 4.69) is 20.4 Å². The summed E-state index contributed by atoms with van der Waals surface area (Å²) in [6.07, 6.45) is 4.85. The zero-order valence-electron chi connectivity index (χ0n) is 15.6. The largest absolute Gasteiger partial charge is 0.342 e. The summed E-state index contributed by atoms with van der Waals surface area (Å²) in [4.78, 5) is 21.3. The molecule has 1 aromatic rings. The Hall–Kier alpha value is -1.47. The third-order valence-corrected chi connectivity index (χ3v) is 4.48.